The molecule has 1 aromatic carbocycles. The van der Waals surface area contributed by atoms with Gasteiger partial charge in [0.25, 0.3) is 0 Å². The van der Waals surface area contributed by atoms with Crippen LogP contribution in [-0.4, -0.2) is 38.5 Å². The van der Waals surface area contributed by atoms with Gasteiger partial charge in [-0.05, 0) is 24.1 Å². The second-order valence-corrected chi connectivity index (χ2v) is 7.61. The number of benzene rings is 1. The van der Waals surface area contributed by atoms with Gasteiger partial charge in [0.2, 0.25) is 0 Å². The number of ether oxygens (including phenoxy) is 1. The molecule has 29 heavy (non-hydrogen) atoms. The Balaban J connectivity index is 2.02. The molecule has 0 radical (unpaired) electrons. The summed E-state index contributed by atoms with van der Waals surface area (Å²) in [5.41, 5.74) is -5.27. The SMILES string of the molecule is COC(=O)c1ncc2c(c1OS(=O)(=O)C(F)(F)F)CCN2Cc1ccc(F)cc1. The van der Waals surface area contributed by atoms with E-state index < -0.39 is 38.9 Å². The summed E-state index contributed by atoms with van der Waals surface area (Å²) in [5.74, 6) is -2.38. The number of rotatable bonds is 5. The Bertz CT molecular complexity index is 1040. The molecular formula is C17H14F4N2O5S. The van der Waals surface area contributed by atoms with Gasteiger partial charge in [-0.2, -0.15) is 21.6 Å². The highest BCUT2D eigenvalue weighted by Gasteiger charge is 2.49. The van der Waals surface area contributed by atoms with Crippen LogP contribution in [0.4, 0.5) is 23.2 Å². The normalized spacial score (nSPS) is 13.9. The van der Waals surface area contributed by atoms with Gasteiger partial charge in [-0.3, -0.25) is 0 Å². The third kappa shape index (κ3) is 4.11. The van der Waals surface area contributed by atoms with Crippen molar-refractivity contribution in [1.29, 1.82) is 0 Å². The van der Waals surface area contributed by atoms with Crippen LogP contribution in [0, 0.1) is 5.82 Å². The van der Waals surface area contributed by atoms with Gasteiger partial charge in [-0.25, -0.2) is 14.2 Å². The van der Waals surface area contributed by atoms with Crippen LogP contribution in [0.25, 0.3) is 0 Å². The lowest BCUT2D eigenvalue weighted by atomic mass is 10.1. The van der Waals surface area contributed by atoms with Crippen LogP contribution in [0.15, 0.2) is 30.5 Å². The minimum absolute atomic E-state index is 0.0790. The molecule has 0 N–H and O–H groups in total. The van der Waals surface area contributed by atoms with E-state index >= 15 is 0 Å². The maximum atomic E-state index is 13.1. The summed E-state index contributed by atoms with van der Waals surface area (Å²) in [6, 6.07) is 5.59. The molecule has 156 valence electrons. The molecule has 0 fully saturated rings. The van der Waals surface area contributed by atoms with Gasteiger partial charge in [0.15, 0.2) is 11.4 Å². The fraction of sp³-hybridized carbons (Fsp3) is 0.294. The van der Waals surface area contributed by atoms with Crippen molar-refractivity contribution in [3.05, 3.63) is 53.1 Å². The molecule has 12 heteroatoms. The van der Waals surface area contributed by atoms with E-state index in [9.17, 15) is 30.8 Å². The number of carbonyl (C=O) groups excluding carboxylic acids is 1. The van der Waals surface area contributed by atoms with Gasteiger partial charge in [-0.1, -0.05) is 12.1 Å². The van der Waals surface area contributed by atoms with Crippen molar-refractivity contribution in [3.8, 4) is 5.75 Å². The van der Waals surface area contributed by atoms with E-state index in [1.807, 2.05) is 0 Å². The average molecular weight is 434 g/mol. The molecule has 1 aromatic heterocycles. The van der Waals surface area contributed by atoms with Gasteiger partial charge >= 0.3 is 21.6 Å². The molecule has 0 atom stereocenters. The number of hydrogen-bond donors (Lipinski definition) is 0. The van der Waals surface area contributed by atoms with Crippen molar-refractivity contribution >= 4 is 21.8 Å². The molecule has 1 aliphatic rings. The number of fused-ring (bicyclic) bond motifs is 1. The van der Waals surface area contributed by atoms with Crippen LogP contribution in [0.1, 0.15) is 21.6 Å². The zero-order chi connectivity index (χ0) is 21.4. The molecule has 0 spiro atoms. The Morgan fingerprint density at radius 3 is 2.48 bits per heavy atom. The molecule has 0 unspecified atom stereocenters. The topological polar surface area (TPSA) is 85.8 Å². The van der Waals surface area contributed by atoms with Crippen molar-refractivity contribution in [2.24, 2.45) is 0 Å². The minimum Gasteiger partial charge on any atom is -0.464 e. The molecule has 2 aromatic rings. The smallest absolute Gasteiger partial charge is 0.464 e. The fourth-order valence-corrected chi connectivity index (χ4v) is 3.36. The first-order valence-electron chi connectivity index (χ1n) is 8.14. The zero-order valence-corrected chi connectivity index (χ0v) is 15.7. The number of methoxy groups -OCH3 is 1. The van der Waals surface area contributed by atoms with Crippen LogP contribution in [0.3, 0.4) is 0 Å². The third-order valence-corrected chi connectivity index (χ3v) is 5.18. The number of carbonyl (C=O) groups is 1. The number of alkyl halides is 3. The van der Waals surface area contributed by atoms with E-state index in [1.54, 1.807) is 4.90 Å². The van der Waals surface area contributed by atoms with Crippen LogP contribution < -0.4 is 9.08 Å². The second kappa shape index (κ2) is 7.50. The largest absolute Gasteiger partial charge is 0.534 e. The summed E-state index contributed by atoms with van der Waals surface area (Å²) in [4.78, 5) is 17.3. The van der Waals surface area contributed by atoms with Crippen molar-refractivity contribution in [2.45, 2.75) is 18.5 Å². The monoisotopic (exact) mass is 434 g/mol. The fourth-order valence-electron chi connectivity index (χ4n) is 2.87. The van der Waals surface area contributed by atoms with Crippen LogP contribution in [-0.2, 0) is 27.8 Å². The highest BCUT2D eigenvalue weighted by atomic mass is 32.2. The first kappa shape index (κ1) is 20.8. The summed E-state index contributed by atoms with van der Waals surface area (Å²) < 4.78 is 83.2. The van der Waals surface area contributed by atoms with E-state index in [4.69, 9.17) is 0 Å². The highest BCUT2D eigenvalue weighted by Crippen LogP contribution is 2.39. The van der Waals surface area contributed by atoms with Crippen LogP contribution in [0.2, 0.25) is 0 Å². The zero-order valence-electron chi connectivity index (χ0n) is 14.9. The van der Waals surface area contributed by atoms with E-state index in [0.717, 1.165) is 7.11 Å². The Kier molecular flexibility index (Phi) is 5.39. The molecule has 1 aliphatic heterocycles. The van der Waals surface area contributed by atoms with Crippen molar-refractivity contribution in [1.82, 2.24) is 4.98 Å². The lowest BCUT2D eigenvalue weighted by molar-refractivity contribution is -0.0500. The van der Waals surface area contributed by atoms with Crippen LogP contribution >= 0.6 is 0 Å². The van der Waals surface area contributed by atoms with Gasteiger partial charge in [0.05, 0.1) is 19.0 Å². The van der Waals surface area contributed by atoms with E-state index in [-0.39, 0.29) is 18.5 Å². The Morgan fingerprint density at radius 1 is 1.24 bits per heavy atom. The molecule has 3 rings (SSSR count). The first-order chi connectivity index (χ1) is 13.5. The van der Waals surface area contributed by atoms with Gasteiger partial charge in [-0.15, -0.1) is 0 Å². The van der Waals surface area contributed by atoms with E-state index in [1.165, 1.54) is 30.5 Å². The maximum absolute atomic E-state index is 13.1. The number of nitrogens with zero attached hydrogens (tertiary/aromatic N) is 2. The molecule has 0 saturated carbocycles. The summed E-state index contributed by atoms with van der Waals surface area (Å²) in [6.07, 6.45) is 1.33. The number of halogens is 4. The standard InChI is InChI=1S/C17H14F4N2O5S/c1-27-16(24)14-15(28-29(25,26)17(19,20)21)12-6-7-23(13(12)8-22-14)9-10-2-4-11(18)5-3-10/h2-5,8H,6-7,9H2,1H3. The van der Waals surface area contributed by atoms with Gasteiger partial charge < -0.3 is 13.8 Å². The number of anilines is 1. The quantitative estimate of drug-likeness (QED) is 0.310. The first-order valence-corrected chi connectivity index (χ1v) is 9.54. The summed E-state index contributed by atoms with van der Waals surface area (Å²) in [6.45, 7) is 0.555. The number of hydrogen-bond acceptors (Lipinski definition) is 7. The third-order valence-electron chi connectivity index (χ3n) is 4.23. The number of aromatic nitrogens is 1. The summed E-state index contributed by atoms with van der Waals surface area (Å²) in [5, 5.41) is 0. The lowest BCUT2D eigenvalue weighted by Crippen LogP contribution is -2.29. The molecule has 0 bridgehead atoms. The average Bonchev–Trinajstić information content (AvgIpc) is 3.05. The number of pyridine rings is 1. The van der Waals surface area contributed by atoms with E-state index in [0.29, 0.717) is 17.8 Å². The summed E-state index contributed by atoms with van der Waals surface area (Å²) in [7, 11) is -5.05. The van der Waals surface area contributed by atoms with Crippen LogP contribution in [0.5, 0.6) is 5.75 Å². The molecule has 0 aliphatic carbocycles. The molecular weight excluding hydrogens is 420 g/mol. The number of esters is 1. The molecule has 2 heterocycles. The molecule has 7 nitrogen and oxygen atoms in total. The predicted octanol–water partition coefficient (Wildman–Crippen LogP) is 2.80. The van der Waals surface area contributed by atoms with E-state index in [2.05, 4.69) is 13.9 Å². The summed E-state index contributed by atoms with van der Waals surface area (Å²) >= 11 is 0. The van der Waals surface area contributed by atoms with Gasteiger partial charge in [0, 0.05) is 18.7 Å². The van der Waals surface area contributed by atoms with Crippen molar-refractivity contribution in [2.75, 3.05) is 18.6 Å². The Morgan fingerprint density at radius 2 is 1.90 bits per heavy atom. The minimum atomic E-state index is -6.03. The van der Waals surface area contributed by atoms with Gasteiger partial charge in [0.1, 0.15) is 5.82 Å². The predicted molar refractivity (Wildman–Crippen MR) is 92.3 cm³/mol. The Hall–Kier alpha value is -2.89. The highest BCUT2D eigenvalue weighted by molar-refractivity contribution is 7.88. The molecule has 0 amide bonds. The maximum Gasteiger partial charge on any atom is 0.534 e. The molecule has 0 saturated heterocycles. The second-order valence-electron chi connectivity index (χ2n) is 6.07. The Labute approximate surface area is 163 Å². The van der Waals surface area contributed by atoms with Crippen molar-refractivity contribution in [3.63, 3.8) is 0 Å². The van der Waals surface area contributed by atoms with Crippen molar-refractivity contribution < 1.29 is 39.7 Å². The lowest BCUT2D eigenvalue weighted by Gasteiger charge is -2.20.